The topological polar surface area (TPSA) is 37.3 Å². The molecule has 1 N–H and O–H groups in total. The van der Waals surface area contributed by atoms with Gasteiger partial charge in [0.15, 0.2) is 0 Å². The number of hydrogen-bond acceptors (Lipinski definition) is 2. The summed E-state index contributed by atoms with van der Waals surface area (Å²) in [6.45, 7) is 3.19. The van der Waals surface area contributed by atoms with Gasteiger partial charge >= 0.3 is 0 Å². The van der Waals surface area contributed by atoms with E-state index in [0.29, 0.717) is 10.3 Å². The Morgan fingerprint density at radius 2 is 2.00 bits per heavy atom. The molecule has 66 valence electrons. The molecule has 0 aromatic heterocycles. The van der Waals surface area contributed by atoms with Crippen LogP contribution < -0.4 is 5.30 Å². The molecule has 0 atom stereocenters. The second-order valence-corrected chi connectivity index (χ2v) is 6.60. The first-order valence-electron chi connectivity index (χ1n) is 3.45. The van der Waals surface area contributed by atoms with Crippen LogP contribution in [0.3, 0.4) is 0 Å². The summed E-state index contributed by atoms with van der Waals surface area (Å²) in [5.74, 6) is 0.0488. The van der Waals surface area contributed by atoms with Crippen molar-refractivity contribution >= 4 is 24.0 Å². The molecule has 0 aliphatic heterocycles. The van der Waals surface area contributed by atoms with E-state index in [-0.39, 0.29) is 5.75 Å². The zero-order valence-electron chi connectivity index (χ0n) is 6.91. The lowest BCUT2D eigenvalue weighted by Crippen LogP contribution is -2.02. The lowest BCUT2D eigenvalue weighted by molar-refractivity contribution is 0.479. The van der Waals surface area contributed by atoms with E-state index in [1.807, 2.05) is 0 Å². The Morgan fingerprint density at radius 1 is 1.42 bits per heavy atom. The average Bonchev–Trinajstić information content (AvgIpc) is 1.92. The van der Waals surface area contributed by atoms with Gasteiger partial charge in [-0.15, -0.1) is 0 Å². The van der Waals surface area contributed by atoms with Crippen molar-refractivity contribution in [3.8, 4) is 5.75 Å². The van der Waals surface area contributed by atoms with Gasteiger partial charge in [-0.3, -0.25) is 0 Å². The van der Waals surface area contributed by atoms with Crippen molar-refractivity contribution in [2.45, 2.75) is 0 Å². The smallest absolute Gasteiger partial charge is 0.126 e. The van der Waals surface area contributed by atoms with Crippen molar-refractivity contribution in [2.75, 3.05) is 13.3 Å². The maximum atomic E-state index is 11.6. The first kappa shape index (κ1) is 9.63. The van der Waals surface area contributed by atoms with Crippen LogP contribution in [-0.2, 0) is 4.57 Å². The van der Waals surface area contributed by atoms with Crippen LogP contribution in [-0.4, -0.2) is 18.4 Å². The third-order valence-corrected chi connectivity index (χ3v) is 3.27. The number of rotatable bonds is 1. The van der Waals surface area contributed by atoms with Crippen molar-refractivity contribution in [1.29, 1.82) is 0 Å². The highest BCUT2D eigenvalue weighted by Crippen LogP contribution is 2.38. The lowest BCUT2D eigenvalue weighted by Gasteiger charge is -2.08. The van der Waals surface area contributed by atoms with Crippen LogP contribution in [0.25, 0.3) is 0 Å². The van der Waals surface area contributed by atoms with Crippen LogP contribution in [0.15, 0.2) is 18.2 Å². The molecular formula is C8H10ClO2P. The van der Waals surface area contributed by atoms with Gasteiger partial charge < -0.3 is 9.67 Å². The fourth-order valence-electron chi connectivity index (χ4n) is 0.928. The van der Waals surface area contributed by atoms with Crippen molar-refractivity contribution < 1.29 is 9.67 Å². The Balaban J connectivity index is 3.33. The van der Waals surface area contributed by atoms with E-state index in [9.17, 15) is 9.67 Å². The Labute approximate surface area is 76.5 Å². The van der Waals surface area contributed by atoms with Gasteiger partial charge in [-0.05, 0) is 31.5 Å². The monoisotopic (exact) mass is 204 g/mol. The number of hydrogen-bond donors (Lipinski definition) is 1. The minimum absolute atomic E-state index is 0.0488. The molecule has 1 aromatic carbocycles. The number of phenols is 1. The molecular weight excluding hydrogens is 195 g/mol. The van der Waals surface area contributed by atoms with Crippen LogP contribution in [0, 0.1) is 0 Å². The molecule has 0 fully saturated rings. The Morgan fingerprint density at radius 3 is 2.42 bits per heavy atom. The molecule has 0 amide bonds. The number of benzene rings is 1. The van der Waals surface area contributed by atoms with Gasteiger partial charge in [0, 0.05) is 5.02 Å². The van der Waals surface area contributed by atoms with E-state index in [2.05, 4.69) is 0 Å². The largest absolute Gasteiger partial charge is 0.507 e. The van der Waals surface area contributed by atoms with Crippen LogP contribution in [0.4, 0.5) is 0 Å². The van der Waals surface area contributed by atoms with Crippen molar-refractivity contribution in [2.24, 2.45) is 0 Å². The fourth-order valence-corrected chi connectivity index (χ4v) is 2.25. The first-order chi connectivity index (χ1) is 5.41. The molecule has 1 aromatic rings. The zero-order chi connectivity index (χ0) is 9.35. The molecule has 0 saturated carbocycles. The first-order valence-corrected chi connectivity index (χ1v) is 6.43. The van der Waals surface area contributed by atoms with Crippen LogP contribution in [0.5, 0.6) is 5.75 Å². The van der Waals surface area contributed by atoms with Gasteiger partial charge in [0.1, 0.15) is 12.9 Å². The molecule has 4 heteroatoms. The van der Waals surface area contributed by atoms with Gasteiger partial charge in [0.25, 0.3) is 0 Å². The van der Waals surface area contributed by atoms with E-state index in [4.69, 9.17) is 11.6 Å². The molecule has 0 aliphatic carbocycles. The summed E-state index contributed by atoms with van der Waals surface area (Å²) in [6.07, 6.45) is 0. The molecule has 0 saturated heterocycles. The molecule has 1 rings (SSSR count). The summed E-state index contributed by atoms with van der Waals surface area (Å²) in [7, 11) is -2.42. The van der Waals surface area contributed by atoms with Gasteiger partial charge in [-0.2, -0.15) is 0 Å². The van der Waals surface area contributed by atoms with E-state index >= 15 is 0 Å². The van der Waals surface area contributed by atoms with Gasteiger partial charge in [0.2, 0.25) is 0 Å². The third-order valence-electron chi connectivity index (χ3n) is 1.52. The standard InChI is InChI=1S/C8H10ClO2P/c1-12(2,11)8-5-6(9)3-4-7(8)10/h3-5,10H,1-2H3. The average molecular weight is 205 g/mol. The third kappa shape index (κ3) is 2.02. The predicted octanol–water partition coefficient (Wildman–Crippen LogP) is 2.29. The fraction of sp³-hybridized carbons (Fsp3) is 0.250. The van der Waals surface area contributed by atoms with E-state index in [1.165, 1.54) is 12.1 Å². The number of halogens is 1. The Kier molecular flexibility index (Phi) is 2.50. The van der Waals surface area contributed by atoms with E-state index < -0.39 is 7.14 Å². The maximum absolute atomic E-state index is 11.6. The second-order valence-electron chi connectivity index (χ2n) is 2.98. The Bertz CT molecular complexity index is 343. The highest BCUT2D eigenvalue weighted by molar-refractivity contribution is 7.70. The molecule has 0 spiro atoms. The van der Waals surface area contributed by atoms with Gasteiger partial charge in [-0.25, -0.2) is 0 Å². The highest BCUT2D eigenvalue weighted by Gasteiger charge is 2.15. The van der Waals surface area contributed by atoms with Gasteiger partial charge in [-0.1, -0.05) is 11.6 Å². The summed E-state index contributed by atoms with van der Waals surface area (Å²) in [5.41, 5.74) is 0. The summed E-state index contributed by atoms with van der Waals surface area (Å²) in [4.78, 5) is 0. The molecule has 0 radical (unpaired) electrons. The predicted molar refractivity (Wildman–Crippen MR) is 52.2 cm³/mol. The van der Waals surface area contributed by atoms with E-state index in [1.54, 1.807) is 19.4 Å². The molecule has 2 nitrogen and oxygen atoms in total. The summed E-state index contributed by atoms with van der Waals surface area (Å²) >= 11 is 5.69. The second kappa shape index (κ2) is 3.12. The molecule has 0 aliphatic rings. The van der Waals surface area contributed by atoms with Crippen LogP contribution in [0.1, 0.15) is 0 Å². The zero-order valence-corrected chi connectivity index (χ0v) is 8.56. The molecule has 0 unspecified atom stereocenters. The summed E-state index contributed by atoms with van der Waals surface area (Å²) < 4.78 is 11.6. The highest BCUT2D eigenvalue weighted by atomic mass is 35.5. The minimum Gasteiger partial charge on any atom is -0.507 e. The van der Waals surface area contributed by atoms with Crippen molar-refractivity contribution in [3.63, 3.8) is 0 Å². The minimum atomic E-state index is -2.42. The molecule has 0 heterocycles. The van der Waals surface area contributed by atoms with Crippen LogP contribution >= 0.6 is 18.7 Å². The SMILES string of the molecule is CP(C)(=O)c1cc(Cl)ccc1O. The lowest BCUT2D eigenvalue weighted by atomic mass is 10.3. The normalized spacial score (nSPS) is 11.6. The summed E-state index contributed by atoms with van der Waals surface area (Å²) in [5, 5.41) is 10.3. The van der Waals surface area contributed by atoms with Crippen molar-refractivity contribution in [1.82, 2.24) is 0 Å². The van der Waals surface area contributed by atoms with Gasteiger partial charge in [0.05, 0.1) is 5.30 Å². The molecule has 12 heavy (non-hydrogen) atoms. The van der Waals surface area contributed by atoms with Crippen molar-refractivity contribution in [3.05, 3.63) is 23.2 Å². The Hall–Kier alpha value is -0.460. The van der Waals surface area contributed by atoms with Crippen LogP contribution in [0.2, 0.25) is 5.02 Å². The quantitative estimate of drug-likeness (QED) is 0.713. The van der Waals surface area contributed by atoms with E-state index in [0.717, 1.165) is 0 Å². The number of aromatic hydroxyl groups is 1. The summed E-state index contributed by atoms with van der Waals surface area (Å²) in [6, 6.07) is 4.56. The number of phenolic OH excluding ortho intramolecular Hbond substituents is 1. The molecule has 0 bridgehead atoms. The maximum Gasteiger partial charge on any atom is 0.126 e.